The molecule has 0 unspecified atom stereocenters. The molecule has 8 heteroatoms. The second-order valence-electron chi connectivity index (χ2n) is 5.49. The summed E-state index contributed by atoms with van der Waals surface area (Å²) in [5.41, 5.74) is 1.09. The highest BCUT2D eigenvalue weighted by atomic mass is 32.2. The number of primary sulfonamides is 1. The fourth-order valence-electron chi connectivity index (χ4n) is 1.99. The summed E-state index contributed by atoms with van der Waals surface area (Å²) in [5.74, 6) is -2.13. The molecule has 22 heavy (non-hydrogen) atoms. The summed E-state index contributed by atoms with van der Waals surface area (Å²) in [4.78, 5) is 23.2. The van der Waals surface area contributed by atoms with E-state index in [-0.39, 0.29) is 16.4 Å². The van der Waals surface area contributed by atoms with Crippen molar-refractivity contribution in [1.29, 1.82) is 0 Å². The molecule has 1 aromatic rings. The number of carbonyl (C=O) groups is 2. The van der Waals surface area contributed by atoms with Gasteiger partial charge in [0.05, 0.1) is 4.90 Å². The molecule has 122 valence electrons. The minimum absolute atomic E-state index is 0.0547. The first kappa shape index (κ1) is 18.1. The Morgan fingerprint density at radius 3 is 2.18 bits per heavy atom. The number of nitrogens with two attached hydrogens (primary N) is 1. The monoisotopic (exact) mass is 328 g/mol. The van der Waals surface area contributed by atoms with Crippen molar-refractivity contribution in [1.82, 2.24) is 5.32 Å². The number of benzene rings is 1. The fraction of sp³-hybridized carbons (Fsp3) is 0.429. The minimum atomic E-state index is -3.97. The van der Waals surface area contributed by atoms with Crippen LogP contribution in [0.5, 0.6) is 0 Å². The molecule has 4 N–H and O–H groups in total. The number of hydrogen-bond donors (Lipinski definition) is 3. The van der Waals surface area contributed by atoms with Gasteiger partial charge < -0.3 is 10.4 Å². The van der Waals surface area contributed by atoms with Crippen LogP contribution in [0.2, 0.25) is 0 Å². The number of sulfonamides is 1. The summed E-state index contributed by atoms with van der Waals surface area (Å²) in [6.07, 6.45) is 0. The van der Waals surface area contributed by atoms with Gasteiger partial charge >= 0.3 is 5.97 Å². The van der Waals surface area contributed by atoms with Gasteiger partial charge in [-0.05, 0) is 43.0 Å². The normalized spacial score (nSPS) is 13.0. The summed E-state index contributed by atoms with van der Waals surface area (Å²) < 4.78 is 23.1. The molecule has 0 aliphatic heterocycles. The van der Waals surface area contributed by atoms with Gasteiger partial charge in [-0.3, -0.25) is 4.79 Å². The average molecular weight is 328 g/mol. The van der Waals surface area contributed by atoms with Crippen molar-refractivity contribution < 1.29 is 23.1 Å². The molecular weight excluding hydrogens is 308 g/mol. The third kappa shape index (κ3) is 4.05. The van der Waals surface area contributed by atoms with Crippen LogP contribution >= 0.6 is 0 Å². The molecule has 1 amide bonds. The standard InChI is InChI=1S/C14H20N2O5S/c1-7(2)12(14(18)19)16-13(17)10-5-8(3)9(4)11(6-10)22(15,20)21/h5-7,12H,1-4H3,(H,16,17)(H,18,19)(H2,15,20,21)/t12-/m1/s1. The first-order chi connectivity index (χ1) is 9.95. The maximum absolute atomic E-state index is 12.2. The van der Waals surface area contributed by atoms with Crippen LogP contribution in [0.1, 0.15) is 35.3 Å². The summed E-state index contributed by atoms with van der Waals surface area (Å²) in [6, 6.07) is 1.59. The fourth-order valence-corrected chi connectivity index (χ4v) is 2.87. The second-order valence-corrected chi connectivity index (χ2v) is 7.02. The second kappa shape index (κ2) is 6.45. The van der Waals surface area contributed by atoms with E-state index in [1.54, 1.807) is 27.7 Å². The Morgan fingerprint density at radius 2 is 1.77 bits per heavy atom. The summed E-state index contributed by atoms with van der Waals surface area (Å²) in [6.45, 7) is 6.56. The topological polar surface area (TPSA) is 127 Å². The van der Waals surface area contributed by atoms with Gasteiger partial charge in [0.2, 0.25) is 10.0 Å². The van der Waals surface area contributed by atoms with Gasteiger partial charge in [0, 0.05) is 5.56 Å². The zero-order chi connectivity index (χ0) is 17.2. The molecule has 0 radical (unpaired) electrons. The third-order valence-corrected chi connectivity index (χ3v) is 4.44. The Balaban J connectivity index is 3.25. The molecule has 0 spiro atoms. The van der Waals surface area contributed by atoms with Gasteiger partial charge in [0.1, 0.15) is 6.04 Å². The predicted octanol–water partition coefficient (Wildman–Crippen LogP) is 0.790. The van der Waals surface area contributed by atoms with Gasteiger partial charge in [0.25, 0.3) is 5.91 Å². The van der Waals surface area contributed by atoms with Crippen molar-refractivity contribution in [2.24, 2.45) is 11.1 Å². The van der Waals surface area contributed by atoms with Crippen molar-refractivity contribution in [3.8, 4) is 0 Å². The van der Waals surface area contributed by atoms with E-state index in [0.717, 1.165) is 6.07 Å². The SMILES string of the molecule is Cc1cc(C(=O)N[C@@H](C(=O)O)C(C)C)cc(S(N)(=O)=O)c1C. The Labute approximate surface area is 129 Å². The van der Waals surface area contributed by atoms with E-state index >= 15 is 0 Å². The number of carboxylic acids is 1. The lowest BCUT2D eigenvalue weighted by atomic mass is 10.0. The van der Waals surface area contributed by atoms with E-state index in [1.807, 2.05) is 0 Å². The zero-order valence-electron chi connectivity index (χ0n) is 12.9. The molecule has 1 aromatic carbocycles. The summed E-state index contributed by atoms with van der Waals surface area (Å²) in [5, 5.41) is 16.6. The van der Waals surface area contributed by atoms with Crippen LogP contribution in [-0.2, 0) is 14.8 Å². The summed E-state index contributed by atoms with van der Waals surface area (Å²) >= 11 is 0. The van der Waals surface area contributed by atoms with Crippen molar-refractivity contribution in [3.05, 3.63) is 28.8 Å². The van der Waals surface area contributed by atoms with E-state index in [9.17, 15) is 18.0 Å². The van der Waals surface area contributed by atoms with Crippen LogP contribution in [0.3, 0.4) is 0 Å². The quantitative estimate of drug-likeness (QED) is 0.736. The highest BCUT2D eigenvalue weighted by Crippen LogP contribution is 2.20. The zero-order valence-corrected chi connectivity index (χ0v) is 13.7. The summed E-state index contributed by atoms with van der Waals surface area (Å²) in [7, 11) is -3.97. The van der Waals surface area contributed by atoms with E-state index in [0.29, 0.717) is 11.1 Å². The molecule has 0 saturated carbocycles. The number of carboxylic acid groups (broad SMARTS) is 1. The van der Waals surface area contributed by atoms with Crippen LogP contribution in [0.25, 0.3) is 0 Å². The van der Waals surface area contributed by atoms with Gasteiger partial charge in [-0.1, -0.05) is 13.8 Å². The highest BCUT2D eigenvalue weighted by molar-refractivity contribution is 7.89. The van der Waals surface area contributed by atoms with Gasteiger partial charge in [-0.15, -0.1) is 0 Å². The number of carbonyl (C=O) groups excluding carboxylic acids is 1. The molecule has 1 atom stereocenters. The molecular formula is C14H20N2O5S. The van der Waals surface area contributed by atoms with Gasteiger partial charge in [-0.2, -0.15) is 0 Å². The maximum atomic E-state index is 12.2. The van der Waals surface area contributed by atoms with Crippen LogP contribution in [0.4, 0.5) is 0 Å². The maximum Gasteiger partial charge on any atom is 0.326 e. The molecule has 0 fully saturated rings. The lowest BCUT2D eigenvalue weighted by molar-refractivity contribution is -0.140. The molecule has 0 aromatic heterocycles. The van der Waals surface area contributed by atoms with Crippen LogP contribution < -0.4 is 10.5 Å². The first-order valence-corrected chi connectivity index (χ1v) is 8.17. The van der Waals surface area contributed by atoms with Crippen LogP contribution in [0.15, 0.2) is 17.0 Å². The largest absolute Gasteiger partial charge is 0.480 e. The Hall–Kier alpha value is -1.93. The van der Waals surface area contributed by atoms with Crippen molar-refractivity contribution >= 4 is 21.9 Å². The Kier molecular flexibility index (Phi) is 5.31. The van der Waals surface area contributed by atoms with E-state index in [4.69, 9.17) is 10.2 Å². The van der Waals surface area contributed by atoms with Crippen molar-refractivity contribution in [2.75, 3.05) is 0 Å². The molecule has 0 heterocycles. The average Bonchev–Trinajstić information content (AvgIpc) is 2.36. The molecule has 1 rings (SSSR count). The van der Waals surface area contributed by atoms with Crippen LogP contribution in [0, 0.1) is 19.8 Å². The number of aryl methyl sites for hydroxylation is 1. The van der Waals surface area contributed by atoms with Gasteiger partial charge in [-0.25, -0.2) is 18.4 Å². The molecule has 0 aliphatic carbocycles. The lowest BCUT2D eigenvalue weighted by Crippen LogP contribution is -2.44. The number of amides is 1. The minimum Gasteiger partial charge on any atom is -0.480 e. The lowest BCUT2D eigenvalue weighted by Gasteiger charge is -2.18. The van der Waals surface area contributed by atoms with Crippen molar-refractivity contribution in [2.45, 2.75) is 38.6 Å². The molecule has 0 bridgehead atoms. The highest BCUT2D eigenvalue weighted by Gasteiger charge is 2.25. The number of nitrogens with one attached hydrogen (secondary N) is 1. The number of aliphatic carboxylic acids is 1. The number of rotatable bonds is 5. The van der Waals surface area contributed by atoms with Crippen LogP contribution in [-0.4, -0.2) is 31.4 Å². The first-order valence-electron chi connectivity index (χ1n) is 6.63. The molecule has 7 nitrogen and oxygen atoms in total. The Bertz CT molecular complexity index is 710. The molecule has 0 saturated heterocycles. The van der Waals surface area contributed by atoms with E-state index in [2.05, 4.69) is 5.32 Å². The Morgan fingerprint density at radius 1 is 1.23 bits per heavy atom. The third-order valence-electron chi connectivity index (χ3n) is 3.41. The smallest absolute Gasteiger partial charge is 0.326 e. The van der Waals surface area contributed by atoms with E-state index < -0.39 is 27.9 Å². The van der Waals surface area contributed by atoms with Gasteiger partial charge in [0.15, 0.2) is 0 Å². The molecule has 0 aliphatic rings. The van der Waals surface area contributed by atoms with E-state index in [1.165, 1.54) is 6.07 Å². The number of hydrogen-bond acceptors (Lipinski definition) is 4. The van der Waals surface area contributed by atoms with Crippen molar-refractivity contribution in [3.63, 3.8) is 0 Å². The predicted molar refractivity (Wildman–Crippen MR) is 81.0 cm³/mol.